The van der Waals surface area contributed by atoms with Gasteiger partial charge < -0.3 is 23.7 Å². The van der Waals surface area contributed by atoms with E-state index >= 15 is 0 Å². The van der Waals surface area contributed by atoms with Gasteiger partial charge in [-0.1, -0.05) is 0 Å². The molecule has 0 fully saturated rings. The van der Waals surface area contributed by atoms with Crippen LogP contribution in [0.1, 0.15) is 31.1 Å². The van der Waals surface area contributed by atoms with E-state index in [1.165, 1.54) is 14.2 Å². The fourth-order valence-corrected chi connectivity index (χ4v) is 1.47. The minimum Gasteiger partial charge on any atom is -0.468 e. The van der Waals surface area contributed by atoms with Crippen molar-refractivity contribution in [2.24, 2.45) is 0 Å². The summed E-state index contributed by atoms with van der Waals surface area (Å²) in [6.45, 7) is 5.52. The minimum absolute atomic E-state index is 0.0358. The number of rotatable bonds is 7. The summed E-state index contributed by atoms with van der Waals surface area (Å²) in [5, 5.41) is 0. The molecule has 0 spiro atoms. The number of esters is 1. The Kier molecular flexibility index (Phi) is 6.45. The molecular weight excluding hydrogens is 276 g/mol. The summed E-state index contributed by atoms with van der Waals surface area (Å²) < 4.78 is 25.7. The third-order valence-corrected chi connectivity index (χ3v) is 2.25. The Balaban J connectivity index is 3.00. The van der Waals surface area contributed by atoms with E-state index in [9.17, 15) is 4.79 Å². The summed E-state index contributed by atoms with van der Waals surface area (Å²) >= 11 is 0. The Hall–Kier alpha value is -1.79. The Bertz CT molecular complexity index is 464. The molecule has 0 aliphatic heterocycles. The Labute approximate surface area is 124 Å². The molecule has 0 N–H and O–H groups in total. The summed E-state index contributed by atoms with van der Waals surface area (Å²) in [7, 11) is 3.02. The predicted molar refractivity (Wildman–Crippen MR) is 76.6 cm³/mol. The van der Waals surface area contributed by atoms with Gasteiger partial charge in [-0.05, 0) is 39.0 Å². The summed E-state index contributed by atoms with van der Waals surface area (Å²) in [5.74, 6) is 0.370. The molecular formula is C15H22O6. The van der Waals surface area contributed by atoms with Crippen molar-refractivity contribution in [1.82, 2.24) is 0 Å². The van der Waals surface area contributed by atoms with Gasteiger partial charge in [-0.2, -0.15) is 0 Å². The largest absolute Gasteiger partial charge is 0.468 e. The van der Waals surface area contributed by atoms with E-state index in [-0.39, 0.29) is 19.1 Å². The van der Waals surface area contributed by atoms with Gasteiger partial charge in [0, 0.05) is 14.2 Å². The van der Waals surface area contributed by atoms with Crippen molar-refractivity contribution in [2.75, 3.05) is 27.8 Å². The molecule has 118 valence electrons. The molecule has 1 aromatic rings. The first-order valence-electron chi connectivity index (χ1n) is 6.48. The molecule has 0 radical (unpaired) electrons. The van der Waals surface area contributed by atoms with Crippen LogP contribution in [0.4, 0.5) is 0 Å². The topological polar surface area (TPSA) is 63.2 Å². The highest BCUT2D eigenvalue weighted by Gasteiger charge is 2.22. The molecule has 0 saturated heterocycles. The van der Waals surface area contributed by atoms with Crippen LogP contribution in [0.3, 0.4) is 0 Å². The lowest BCUT2D eigenvalue weighted by Gasteiger charge is -2.21. The van der Waals surface area contributed by atoms with Gasteiger partial charge in [0.1, 0.15) is 22.7 Å². The van der Waals surface area contributed by atoms with Crippen molar-refractivity contribution in [3.8, 4) is 11.5 Å². The maximum Gasteiger partial charge on any atom is 0.342 e. The maximum atomic E-state index is 12.2. The van der Waals surface area contributed by atoms with E-state index in [0.717, 1.165) is 0 Å². The standard InChI is InChI=1S/C15H22O6/c1-15(2,3)21-14(16)12-8-11(19-9-17-4)6-7-13(12)20-10-18-5/h6-8H,9-10H2,1-5H3. The fourth-order valence-electron chi connectivity index (χ4n) is 1.47. The first-order chi connectivity index (χ1) is 9.87. The van der Waals surface area contributed by atoms with Gasteiger partial charge in [0.15, 0.2) is 13.6 Å². The number of methoxy groups -OCH3 is 2. The molecule has 0 aliphatic carbocycles. The van der Waals surface area contributed by atoms with Crippen LogP contribution < -0.4 is 9.47 Å². The molecule has 0 heterocycles. The highest BCUT2D eigenvalue weighted by Crippen LogP contribution is 2.26. The van der Waals surface area contributed by atoms with Crippen LogP contribution >= 0.6 is 0 Å². The monoisotopic (exact) mass is 298 g/mol. The highest BCUT2D eigenvalue weighted by molar-refractivity contribution is 5.93. The van der Waals surface area contributed by atoms with Crippen LogP contribution in [0.15, 0.2) is 18.2 Å². The molecule has 0 amide bonds. The van der Waals surface area contributed by atoms with Crippen LogP contribution in [-0.4, -0.2) is 39.4 Å². The first-order valence-corrected chi connectivity index (χ1v) is 6.48. The van der Waals surface area contributed by atoms with Crippen molar-refractivity contribution >= 4 is 5.97 Å². The molecule has 1 rings (SSSR count). The summed E-state index contributed by atoms with van der Waals surface area (Å²) in [6, 6.07) is 4.86. The van der Waals surface area contributed by atoms with Crippen molar-refractivity contribution in [1.29, 1.82) is 0 Å². The molecule has 0 aromatic heterocycles. The maximum absolute atomic E-state index is 12.2. The Morgan fingerprint density at radius 3 is 2.24 bits per heavy atom. The Morgan fingerprint density at radius 2 is 1.67 bits per heavy atom. The van der Waals surface area contributed by atoms with Crippen molar-refractivity contribution in [3.05, 3.63) is 23.8 Å². The molecule has 0 bridgehead atoms. The fraction of sp³-hybridized carbons (Fsp3) is 0.533. The van der Waals surface area contributed by atoms with Crippen LogP contribution in [0, 0.1) is 0 Å². The third kappa shape index (κ3) is 6.01. The molecule has 21 heavy (non-hydrogen) atoms. The number of carbonyl (C=O) groups is 1. The van der Waals surface area contributed by atoms with Crippen LogP contribution in [0.2, 0.25) is 0 Å². The number of ether oxygens (including phenoxy) is 5. The average Bonchev–Trinajstić information content (AvgIpc) is 2.41. The number of carbonyl (C=O) groups excluding carboxylic acids is 1. The summed E-state index contributed by atoms with van der Waals surface area (Å²) in [4.78, 5) is 12.2. The van der Waals surface area contributed by atoms with Crippen molar-refractivity contribution < 1.29 is 28.5 Å². The molecule has 1 aromatic carbocycles. The second-order valence-corrected chi connectivity index (χ2v) is 5.26. The third-order valence-electron chi connectivity index (χ3n) is 2.25. The number of benzene rings is 1. The van der Waals surface area contributed by atoms with E-state index in [1.807, 2.05) is 0 Å². The normalized spacial score (nSPS) is 11.1. The van der Waals surface area contributed by atoms with Gasteiger partial charge in [-0.25, -0.2) is 4.79 Å². The van der Waals surface area contributed by atoms with E-state index in [2.05, 4.69) is 0 Å². The van der Waals surface area contributed by atoms with Crippen molar-refractivity contribution in [3.63, 3.8) is 0 Å². The van der Waals surface area contributed by atoms with Crippen LogP contribution in [0.25, 0.3) is 0 Å². The average molecular weight is 298 g/mol. The van der Waals surface area contributed by atoms with Crippen LogP contribution in [-0.2, 0) is 14.2 Å². The highest BCUT2D eigenvalue weighted by atomic mass is 16.7. The van der Waals surface area contributed by atoms with E-state index in [1.54, 1.807) is 39.0 Å². The quantitative estimate of drug-likeness (QED) is 0.569. The molecule has 0 unspecified atom stereocenters. The van der Waals surface area contributed by atoms with Crippen LogP contribution in [0.5, 0.6) is 11.5 Å². The van der Waals surface area contributed by atoms with Gasteiger partial charge in [0.2, 0.25) is 0 Å². The lowest BCUT2D eigenvalue weighted by Crippen LogP contribution is -2.24. The van der Waals surface area contributed by atoms with E-state index < -0.39 is 11.6 Å². The smallest absolute Gasteiger partial charge is 0.342 e. The predicted octanol–water partition coefficient (Wildman–Crippen LogP) is 2.61. The zero-order chi connectivity index (χ0) is 15.9. The lowest BCUT2D eigenvalue weighted by atomic mass is 10.1. The molecule has 0 aliphatic rings. The second kappa shape index (κ2) is 7.85. The van der Waals surface area contributed by atoms with Crippen molar-refractivity contribution in [2.45, 2.75) is 26.4 Å². The van der Waals surface area contributed by atoms with Gasteiger partial charge >= 0.3 is 5.97 Å². The lowest BCUT2D eigenvalue weighted by molar-refractivity contribution is 0.00533. The van der Waals surface area contributed by atoms with E-state index in [4.69, 9.17) is 23.7 Å². The van der Waals surface area contributed by atoms with E-state index in [0.29, 0.717) is 11.5 Å². The molecule has 0 atom stereocenters. The van der Waals surface area contributed by atoms with Gasteiger partial charge in [-0.3, -0.25) is 0 Å². The molecule has 6 nitrogen and oxygen atoms in total. The molecule has 0 saturated carbocycles. The molecule has 6 heteroatoms. The van der Waals surface area contributed by atoms with Gasteiger partial charge in [0.25, 0.3) is 0 Å². The minimum atomic E-state index is -0.598. The van der Waals surface area contributed by atoms with Gasteiger partial charge in [-0.15, -0.1) is 0 Å². The van der Waals surface area contributed by atoms with Gasteiger partial charge in [0.05, 0.1) is 0 Å². The number of hydrogen-bond donors (Lipinski definition) is 0. The second-order valence-electron chi connectivity index (χ2n) is 5.26. The Morgan fingerprint density at radius 1 is 1.05 bits per heavy atom. The summed E-state index contributed by atoms with van der Waals surface area (Å²) in [6.07, 6.45) is 0. The zero-order valence-electron chi connectivity index (χ0n) is 13.1. The first kappa shape index (κ1) is 17.3. The summed E-state index contributed by atoms with van der Waals surface area (Å²) in [5.41, 5.74) is -0.325. The SMILES string of the molecule is COCOc1ccc(OCOC)c(C(=O)OC(C)(C)C)c1. The zero-order valence-corrected chi connectivity index (χ0v) is 13.1. The number of hydrogen-bond acceptors (Lipinski definition) is 6.